The number of methoxy groups -OCH3 is 1. The SMILES string of the molecule is COc1ccc(N(C)CCCC(C)(C)C#N)cc1. The second kappa shape index (κ2) is 6.30. The van der Waals surface area contributed by atoms with Crippen LogP contribution in [0.3, 0.4) is 0 Å². The Morgan fingerprint density at radius 3 is 2.39 bits per heavy atom. The monoisotopic (exact) mass is 246 g/mol. The van der Waals surface area contributed by atoms with Gasteiger partial charge in [-0.05, 0) is 51.0 Å². The molecule has 98 valence electrons. The standard InChI is InChI=1S/C15H22N2O/c1-15(2,12-16)10-5-11-17(3)13-6-8-14(18-4)9-7-13/h6-9H,5,10-11H2,1-4H3. The van der Waals surface area contributed by atoms with Crippen LogP contribution in [0.2, 0.25) is 0 Å². The first-order valence-corrected chi connectivity index (χ1v) is 6.25. The Morgan fingerprint density at radius 1 is 1.28 bits per heavy atom. The lowest BCUT2D eigenvalue weighted by molar-refractivity contribution is 0.415. The molecule has 3 heteroatoms. The van der Waals surface area contributed by atoms with Crippen LogP contribution in [-0.2, 0) is 0 Å². The van der Waals surface area contributed by atoms with Crippen LogP contribution in [0.5, 0.6) is 5.75 Å². The zero-order valence-corrected chi connectivity index (χ0v) is 11.7. The van der Waals surface area contributed by atoms with Gasteiger partial charge in [-0.25, -0.2) is 0 Å². The van der Waals surface area contributed by atoms with E-state index in [2.05, 4.69) is 18.0 Å². The maximum Gasteiger partial charge on any atom is 0.119 e. The van der Waals surface area contributed by atoms with Crippen molar-refractivity contribution < 1.29 is 4.74 Å². The third-order valence-electron chi connectivity index (χ3n) is 3.11. The maximum absolute atomic E-state index is 8.96. The summed E-state index contributed by atoms with van der Waals surface area (Å²) in [5.41, 5.74) is 0.950. The molecule has 0 aliphatic heterocycles. The zero-order valence-electron chi connectivity index (χ0n) is 11.7. The number of benzene rings is 1. The molecular weight excluding hydrogens is 224 g/mol. The van der Waals surface area contributed by atoms with Crippen molar-refractivity contribution in [2.45, 2.75) is 26.7 Å². The van der Waals surface area contributed by atoms with Gasteiger partial charge in [0.05, 0.1) is 18.6 Å². The molecule has 0 bridgehead atoms. The topological polar surface area (TPSA) is 36.3 Å². The first kappa shape index (κ1) is 14.4. The second-order valence-electron chi connectivity index (χ2n) is 5.22. The van der Waals surface area contributed by atoms with Crippen molar-refractivity contribution in [2.75, 3.05) is 25.6 Å². The van der Waals surface area contributed by atoms with E-state index in [0.717, 1.165) is 25.1 Å². The van der Waals surface area contributed by atoms with Gasteiger partial charge >= 0.3 is 0 Å². The minimum atomic E-state index is -0.221. The first-order chi connectivity index (χ1) is 8.48. The normalized spacial score (nSPS) is 10.8. The Hall–Kier alpha value is -1.69. The quantitative estimate of drug-likeness (QED) is 0.771. The Kier molecular flexibility index (Phi) is 5.03. The maximum atomic E-state index is 8.96. The minimum Gasteiger partial charge on any atom is -0.497 e. The second-order valence-corrected chi connectivity index (χ2v) is 5.22. The number of rotatable bonds is 6. The summed E-state index contributed by atoms with van der Waals surface area (Å²) < 4.78 is 5.13. The molecule has 0 atom stereocenters. The molecule has 0 aliphatic rings. The van der Waals surface area contributed by atoms with Crippen molar-refractivity contribution in [1.82, 2.24) is 0 Å². The number of anilines is 1. The molecule has 0 unspecified atom stereocenters. The Labute approximate surface area is 110 Å². The van der Waals surface area contributed by atoms with E-state index < -0.39 is 0 Å². The molecular formula is C15H22N2O. The third-order valence-corrected chi connectivity index (χ3v) is 3.11. The fourth-order valence-corrected chi connectivity index (χ4v) is 1.78. The largest absolute Gasteiger partial charge is 0.497 e. The van der Waals surface area contributed by atoms with E-state index in [4.69, 9.17) is 10.00 Å². The van der Waals surface area contributed by atoms with Crippen molar-refractivity contribution >= 4 is 5.69 Å². The van der Waals surface area contributed by atoms with E-state index in [0.29, 0.717) is 0 Å². The van der Waals surface area contributed by atoms with Crippen LogP contribution in [-0.4, -0.2) is 20.7 Å². The van der Waals surface area contributed by atoms with Crippen LogP contribution in [0, 0.1) is 16.7 Å². The van der Waals surface area contributed by atoms with Crippen LogP contribution in [0.4, 0.5) is 5.69 Å². The molecule has 0 radical (unpaired) electrons. The van der Waals surface area contributed by atoms with E-state index in [-0.39, 0.29) is 5.41 Å². The van der Waals surface area contributed by atoms with Crippen LogP contribution in [0.15, 0.2) is 24.3 Å². The highest BCUT2D eigenvalue weighted by molar-refractivity contribution is 5.48. The van der Waals surface area contributed by atoms with Gasteiger partial charge in [-0.1, -0.05) is 0 Å². The van der Waals surface area contributed by atoms with Crippen molar-refractivity contribution in [3.8, 4) is 11.8 Å². The van der Waals surface area contributed by atoms with E-state index in [1.165, 1.54) is 5.69 Å². The van der Waals surface area contributed by atoms with E-state index >= 15 is 0 Å². The van der Waals surface area contributed by atoms with Gasteiger partial charge < -0.3 is 9.64 Å². The molecule has 0 amide bonds. The van der Waals surface area contributed by atoms with Crippen LogP contribution in [0.1, 0.15) is 26.7 Å². The summed E-state index contributed by atoms with van der Waals surface area (Å²) in [6, 6.07) is 10.4. The van der Waals surface area contributed by atoms with Crippen molar-refractivity contribution in [3.05, 3.63) is 24.3 Å². The fraction of sp³-hybridized carbons (Fsp3) is 0.533. The summed E-state index contributed by atoms with van der Waals surface area (Å²) in [5, 5.41) is 8.96. The molecule has 3 nitrogen and oxygen atoms in total. The van der Waals surface area contributed by atoms with Crippen molar-refractivity contribution in [1.29, 1.82) is 5.26 Å². The molecule has 1 aromatic carbocycles. The predicted octanol–water partition coefficient (Wildman–Crippen LogP) is 3.46. The number of nitriles is 1. The highest BCUT2D eigenvalue weighted by Crippen LogP contribution is 2.22. The molecule has 18 heavy (non-hydrogen) atoms. The summed E-state index contributed by atoms with van der Waals surface area (Å²) in [6.07, 6.45) is 1.94. The van der Waals surface area contributed by atoms with Gasteiger partial charge in [0.25, 0.3) is 0 Å². The molecule has 0 spiro atoms. The summed E-state index contributed by atoms with van der Waals surface area (Å²) in [5.74, 6) is 0.873. The molecule has 1 aromatic rings. The molecule has 0 saturated carbocycles. The van der Waals surface area contributed by atoms with E-state index in [1.54, 1.807) is 7.11 Å². The van der Waals surface area contributed by atoms with Gasteiger partial charge in [-0.15, -0.1) is 0 Å². The lowest BCUT2D eigenvalue weighted by Gasteiger charge is -2.21. The number of ether oxygens (including phenoxy) is 1. The summed E-state index contributed by atoms with van der Waals surface area (Å²) in [6.45, 7) is 4.93. The Balaban J connectivity index is 2.45. The molecule has 0 aromatic heterocycles. The molecule has 0 aliphatic carbocycles. The molecule has 0 fully saturated rings. The van der Waals surface area contributed by atoms with Crippen LogP contribution < -0.4 is 9.64 Å². The van der Waals surface area contributed by atoms with Gasteiger partial charge in [0.15, 0.2) is 0 Å². The summed E-state index contributed by atoms with van der Waals surface area (Å²) in [7, 11) is 3.74. The number of nitrogens with zero attached hydrogens (tertiary/aromatic N) is 2. The van der Waals surface area contributed by atoms with Crippen molar-refractivity contribution in [2.24, 2.45) is 5.41 Å². The smallest absolute Gasteiger partial charge is 0.119 e. The van der Waals surface area contributed by atoms with Gasteiger partial charge in [0.1, 0.15) is 5.75 Å². The minimum absolute atomic E-state index is 0.221. The molecule has 0 heterocycles. The summed E-state index contributed by atoms with van der Waals surface area (Å²) >= 11 is 0. The van der Waals surface area contributed by atoms with Crippen molar-refractivity contribution in [3.63, 3.8) is 0 Å². The predicted molar refractivity (Wildman–Crippen MR) is 74.9 cm³/mol. The van der Waals surface area contributed by atoms with Crippen LogP contribution >= 0.6 is 0 Å². The third kappa shape index (κ3) is 4.29. The lowest BCUT2D eigenvalue weighted by Crippen LogP contribution is -2.20. The Morgan fingerprint density at radius 2 is 1.89 bits per heavy atom. The van der Waals surface area contributed by atoms with E-state index in [9.17, 15) is 0 Å². The average Bonchev–Trinajstić information content (AvgIpc) is 2.38. The van der Waals surface area contributed by atoms with E-state index in [1.807, 2.05) is 38.1 Å². The lowest BCUT2D eigenvalue weighted by atomic mass is 9.90. The highest BCUT2D eigenvalue weighted by atomic mass is 16.5. The first-order valence-electron chi connectivity index (χ1n) is 6.25. The van der Waals surface area contributed by atoms with Gasteiger partial charge in [-0.2, -0.15) is 5.26 Å². The van der Waals surface area contributed by atoms with Gasteiger partial charge in [0, 0.05) is 19.3 Å². The average molecular weight is 246 g/mol. The highest BCUT2D eigenvalue weighted by Gasteiger charge is 2.16. The Bertz CT molecular complexity index is 403. The van der Waals surface area contributed by atoms with Gasteiger partial charge in [0.2, 0.25) is 0 Å². The zero-order chi connectivity index (χ0) is 13.6. The number of hydrogen-bond acceptors (Lipinski definition) is 3. The van der Waals surface area contributed by atoms with Crippen LogP contribution in [0.25, 0.3) is 0 Å². The number of hydrogen-bond donors (Lipinski definition) is 0. The fourth-order valence-electron chi connectivity index (χ4n) is 1.78. The molecule has 0 N–H and O–H groups in total. The summed E-state index contributed by atoms with van der Waals surface area (Å²) in [4.78, 5) is 2.20. The molecule has 1 rings (SSSR count). The van der Waals surface area contributed by atoms with Gasteiger partial charge in [-0.3, -0.25) is 0 Å². The molecule has 0 saturated heterocycles.